The van der Waals surface area contributed by atoms with Gasteiger partial charge in [0, 0.05) is 12.2 Å². The highest BCUT2D eigenvalue weighted by Crippen LogP contribution is 2.29. The lowest BCUT2D eigenvalue weighted by atomic mass is 9.86. The van der Waals surface area contributed by atoms with Crippen LogP contribution in [-0.2, 0) is 0 Å². The van der Waals surface area contributed by atoms with Crippen LogP contribution in [0.15, 0.2) is 18.5 Å². The van der Waals surface area contributed by atoms with Crippen LogP contribution in [0.25, 0.3) is 0 Å². The Morgan fingerprint density at radius 2 is 1.79 bits per heavy atom. The number of rotatable bonds is 9. The lowest BCUT2D eigenvalue weighted by Gasteiger charge is -2.28. The molecule has 0 spiro atoms. The fraction of sp³-hybridized carbons (Fsp3) is 0.688. The third-order valence-electron chi connectivity index (χ3n) is 3.49. The molecular weight excluding hydrogens is 239 g/mol. The average Bonchev–Trinajstić information content (AvgIpc) is 2.40. The molecule has 1 N–H and O–H groups in total. The third-order valence-corrected chi connectivity index (χ3v) is 3.49. The van der Waals surface area contributed by atoms with E-state index in [1.165, 1.54) is 19.0 Å². The summed E-state index contributed by atoms with van der Waals surface area (Å²) >= 11 is 0. The number of halogens is 1. The molecule has 0 aliphatic rings. The van der Waals surface area contributed by atoms with Gasteiger partial charge in [0.25, 0.3) is 0 Å². The van der Waals surface area contributed by atoms with Crippen LogP contribution in [0, 0.1) is 11.7 Å². The summed E-state index contributed by atoms with van der Waals surface area (Å²) in [5.74, 6) is 0.317. The Morgan fingerprint density at radius 3 is 2.32 bits per heavy atom. The quantitative estimate of drug-likeness (QED) is 0.713. The van der Waals surface area contributed by atoms with Gasteiger partial charge in [-0.05, 0) is 43.4 Å². The van der Waals surface area contributed by atoms with E-state index in [4.69, 9.17) is 0 Å². The van der Waals surface area contributed by atoms with Crippen molar-refractivity contribution in [1.82, 2.24) is 10.3 Å². The first-order chi connectivity index (χ1) is 9.22. The minimum Gasteiger partial charge on any atom is -0.310 e. The maximum absolute atomic E-state index is 13.4. The fourth-order valence-electron chi connectivity index (χ4n) is 2.67. The third kappa shape index (κ3) is 5.27. The van der Waals surface area contributed by atoms with Crippen molar-refractivity contribution in [3.63, 3.8) is 0 Å². The number of nitrogens with zero attached hydrogens (tertiary/aromatic N) is 1. The molecule has 1 atom stereocenters. The first kappa shape index (κ1) is 16.1. The zero-order valence-corrected chi connectivity index (χ0v) is 12.5. The molecule has 0 aliphatic carbocycles. The van der Waals surface area contributed by atoms with E-state index < -0.39 is 0 Å². The SMILES string of the molecule is CCCNC(c1cncc(F)c1)C(CCC)CCC. The first-order valence-corrected chi connectivity index (χ1v) is 7.56. The smallest absolute Gasteiger partial charge is 0.141 e. The van der Waals surface area contributed by atoms with Crippen LogP contribution in [0.3, 0.4) is 0 Å². The van der Waals surface area contributed by atoms with Gasteiger partial charge in [0.1, 0.15) is 5.82 Å². The minimum absolute atomic E-state index is 0.225. The molecule has 0 radical (unpaired) electrons. The van der Waals surface area contributed by atoms with Crippen LogP contribution in [0.4, 0.5) is 4.39 Å². The highest BCUT2D eigenvalue weighted by atomic mass is 19.1. The molecule has 0 amide bonds. The van der Waals surface area contributed by atoms with Gasteiger partial charge in [-0.2, -0.15) is 0 Å². The maximum atomic E-state index is 13.4. The molecule has 0 saturated carbocycles. The molecule has 1 unspecified atom stereocenters. The summed E-state index contributed by atoms with van der Waals surface area (Å²) in [7, 11) is 0. The molecule has 1 aromatic rings. The Labute approximate surface area is 116 Å². The van der Waals surface area contributed by atoms with Crippen LogP contribution in [0.1, 0.15) is 64.5 Å². The predicted octanol–water partition coefficient (Wildman–Crippen LogP) is 4.48. The number of pyridine rings is 1. The van der Waals surface area contributed by atoms with E-state index in [2.05, 4.69) is 31.1 Å². The zero-order valence-electron chi connectivity index (χ0n) is 12.5. The van der Waals surface area contributed by atoms with Crippen LogP contribution in [-0.4, -0.2) is 11.5 Å². The monoisotopic (exact) mass is 266 g/mol. The molecule has 1 rings (SSSR count). The van der Waals surface area contributed by atoms with Crippen molar-refractivity contribution in [3.05, 3.63) is 29.8 Å². The van der Waals surface area contributed by atoms with Gasteiger partial charge in [0.05, 0.1) is 6.20 Å². The lowest BCUT2D eigenvalue weighted by Crippen LogP contribution is -2.29. The molecule has 19 heavy (non-hydrogen) atoms. The topological polar surface area (TPSA) is 24.9 Å². The van der Waals surface area contributed by atoms with E-state index in [9.17, 15) is 4.39 Å². The van der Waals surface area contributed by atoms with Crippen molar-refractivity contribution in [3.8, 4) is 0 Å². The summed E-state index contributed by atoms with van der Waals surface area (Å²) in [5, 5.41) is 3.58. The second kappa shape index (κ2) is 9.03. The van der Waals surface area contributed by atoms with Crippen molar-refractivity contribution in [2.24, 2.45) is 5.92 Å². The van der Waals surface area contributed by atoms with Gasteiger partial charge in [-0.25, -0.2) is 4.39 Å². The van der Waals surface area contributed by atoms with Crippen molar-refractivity contribution in [2.75, 3.05) is 6.54 Å². The number of hydrogen-bond donors (Lipinski definition) is 1. The summed E-state index contributed by atoms with van der Waals surface area (Å²) in [5.41, 5.74) is 0.986. The van der Waals surface area contributed by atoms with Crippen LogP contribution in [0.2, 0.25) is 0 Å². The Bertz CT molecular complexity index is 348. The van der Waals surface area contributed by atoms with Gasteiger partial charge >= 0.3 is 0 Å². The number of aromatic nitrogens is 1. The van der Waals surface area contributed by atoms with E-state index >= 15 is 0 Å². The Hall–Kier alpha value is -0.960. The van der Waals surface area contributed by atoms with Gasteiger partial charge in [0.15, 0.2) is 0 Å². The van der Waals surface area contributed by atoms with Gasteiger partial charge in [-0.15, -0.1) is 0 Å². The second-order valence-electron chi connectivity index (χ2n) is 5.21. The van der Waals surface area contributed by atoms with Gasteiger partial charge in [0.2, 0.25) is 0 Å². The molecule has 2 nitrogen and oxygen atoms in total. The van der Waals surface area contributed by atoms with Crippen molar-refractivity contribution in [2.45, 2.75) is 58.9 Å². The van der Waals surface area contributed by atoms with Crippen molar-refractivity contribution < 1.29 is 4.39 Å². The molecule has 1 aromatic heterocycles. The van der Waals surface area contributed by atoms with Crippen molar-refractivity contribution in [1.29, 1.82) is 0 Å². The molecule has 0 bridgehead atoms. The Balaban J connectivity index is 2.90. The van der Waals surface area contributed by atoms with E-state index in [1.54, 1.807) is 12.3 Å². The Morgan fingerprint density at radius 1 is 1.11 bits per heavy atom. The van der Waals surface area contributed by atoms with E-state index in [-0.39, 0.29) is 11.9 Å². The van der Waals surface area contributed by atoms with E-state index in [0.717, 1.165) is 31.4 Å². The predicted molar refractivity (Wildman–Crippen MR) is 78.5 cm³/mol. The second-order valence-corrected chi connectivity index (χ2v) is 5.21. The van der Waals surface area contributed by atoms with Gasteiger partial charge < -0.3 is 5.32 Å². The molecule has 0 fully saturated rings. The summed E-state index contributed by atoms with van der Waals surface area (Å²) < 4.78 is 13.4. The standard InChI is InChI=1S/C16H27FN2/c1-4-7-13(8-5-2)16(19-9-6-3)14-10-15(17)12-18-11-14/h10-13,16,19H,4-9H2,1-3H3. The minimum atomic E-state index is -0.243. The summed E-state index contributed by atoms with van der Waals surface area (Å²) in [6, 6.07) is 1.85. The van der Waals surface area contributed by atoms with Crippen LogP contribution in [0.5, 0.6) is 0 Å². The number of nitrogens with one attached hydrogen (secondary N) is 1. The first-order valence-electron chi connectivity index (χ1n) is 7.56. The summed E-state index contributed by atoms with van der Waals surface area (Å²) in [4.78, 5) is 4.00. The lowest BCUT2D eigenvalue weighted by molar-refractivity contribution is 0.315. The van der Waals surface area contributed by atoms with Crippen molar-refractivity contribution >= 4 is 0 Å². The van der Waals surface area contributed by atoms with Gasteiger partial charge in [-0.3, -0.25) is 4.98 Å². The van der Waals surface area contributed by atoms with E-state index in [0.29, 0.717) is 5.92 Å². The molecule has 0 saturated heterocycles. The van der Waals surface area contributed by atoms with Gasteiger partial charge in [-0.1, -0.05) is 33.6 Å². The fourth-order valence-corrected chi connectivity index (χ4v) is 2.67. The average molecular weight is 266 g/mol. The molecule has 3 heteroatoms. The largest absolute Gasteiger partial charge is 0.310 e. The Kier molecular flexibility index (Phi) is 7.65. The summed E-state index contributed by atoms with van der Waals surface area (Å²) in [6.45, 7) is 7.54. The number of hydrogen-bond acceptors (Lipinski definition) is 2. The highest BCUT2D eigenvalue weighted by Gasteiger charge is 2.21. The molecule has 108 valence electrons. The summed E-state index contributed by atoms with van der Waals surface area (Å²) in [6.07, 6.45) is 8.83. The molecular formula is C16H27FN2. The molecule has 1 heterocycles. The highest BCUT2D eigenvalue weighted by molar-refractivity contribution is 5.16. The normalized spacial score (nSPS) is 12.9. The van der Waals surface area contributed by atoms with Crippen LogP contribution < -0.4 is 5.32 Å². The van der Waals surface area contributed by atoms with Crippen LogP contribution >= 0.6 is 0 Å². The molecule has 0 aliphatic heterocycles. The molecule has 0 aromatic carbocycles. The van der Waals surface area contributed by atoms with E-state index in [1.807, 2.05) is 0 Å². The zero-order chi connectivity index (χ0) is 14.1. The maximum Gasteiger partial charge on any atom is 0.141 e.